The fraction of sp³-hybridized carbons (Fsp3) is 0.750. The van der Waals surface area contributed by atoms with Crippen LogP contribution in [0.1, 0.15) is 0 Å². The Morgan fingerprint density at radius 3 is 2.82 bits per heavy atom. The van der Waals surface area contributed by atoms with Crippen molar-refractivity contribution >= 4 is 5.96 Å². The quantitative estimate of drug-likeness (QED) is 0.283. The third kappa shape index (κ3) is 2.68. The van der Waals surface area contributed by atoms with Gasteiger partial charge in [0.05, 0.1) is 12.6 Å². The largest absolute Gasteiger partial charge is 0.389 e. The first-order valence-corrected chi connectivity index (χ1v) is 3.09. The molecule has 5 N–H and O–H groups in total. The van der Waals surface area contributed by atoms with Gasteiger partial charge in [-0.1, -0.05) is 0 Å². The lowest BCUT2D eigenvalue weighted by Crippen LogP contribution is -2.50. The number of aliphatic hydroxyl groups is 1. The number of β-amino-alcohol motifs (C(OH)–C–C–N with tert-alkyl or cyclic N) is 1. The van der Waals surface area contributed by atoms with Crippen LogP contribution >= 0.6 is 0 Å². The zero-order valence-electron chi connectivity index (χ0n) is 5.73. The molecule has 0 aromatic rings. The van der Waals surface area contributed by atoms with Crippen LogP contribution in [0, 0.1) is 0 Å². The molecular weight excluding hydrogens is 152 g/mol. The van der Waals surface area contributed by atoms with Crippen LogP contribution in [0.5, 0.6) is 0 Å². The van der Waals surface area contributed by atoms with Gasteiger partial charge in [-0.25, -0.2) is 10.4 Å². The average molecular weight is 162 g/mol. The lowest BCUT2D eigenvalue weighted by Gasteiger charge is -2.20. The van der Waals surface area contributed by atoms with Crippen molar-refractivity contribution in [2.45, 2.75) is 6.10 Å². The molecule has 0 aromatic carbocycles. The predicted octanol–water partition coefficient (Wildman–Crippen LogP) is -2.11. The Morgan fingerprint density at radius 1 is 1.64 bits per heavy atom. The summed E-state index contributed by atoms with van der Waals surface area (Å²) in [4.78, 5) is 3.73. The number of hydrazine groups is 1. The lowest BCUT2D eigenvalue weighted by atomic mass is 10.3. The highest BCUT2D eigenvalue weighted by molar-refractivity contribution is 5.79. The van der Waals surface area contributed by atoms with Gasteiger partial charge in [0.25, 0.3) is 0 Å². The highest BCUT2D eigenvalue weighted by atomic mass is 16.8. The molecule has 1 rings (SSSR count). The molecule has 0 bridgehead atoms. The minimum absolute atomic E-state index is 0.205. The monoisotopic (exact) mass is 162 g/mol. The zero-order chi connectivity index (χ0) is 8.27. The van der Waals surface area contributed by atoms with E-state index in [1.54, 1.807) is 0 Å². The van der Waals surface area contributed by atoms with E-state index in [0.717, 1.165) is 0 Å². The van der Waals surface area contributed by atoms with Crippen molar-refractivity contribution < 1.29 is 15.5 Å². The fourth-order valence-corrected chi connectivity index (χ4v) is 0.701. The Labute approximate surface area is 62.8 Å². The molecule has 1 aliphatic rings. The number of rotatable bonds is 1. The Hall–Kier alpha value is -0.890. The molecule has 0 radical (unpaired) electrons. The summed E-state index contributed by atoms with van der Waals surface area (Å²) in [5.41, 5.74) is 2.07. The molecule has 1 atom stereocenters. The maximum absolute atomic E-state index is 8.93. The summed E-state index contributed by atoms with van der Waals surface area (Å²) in [5.74, 6) is 0.223. The van der Waals surface area contributed by atoms with Gasteiger partial charge in [0.15, 0.2) is 0 Å². The SMILES string of the molecule is OC1CN=C(NN(O)O)NC1. The van der Waals surface area contributed by atoms with Crippen molar-refractivity contribution in [1.29, 1.82) is 0 Å². The van der Waals surface area contributed by atoms with Crippen LogP contribution in [-0.2, 0) is 0 Å². The number of nitrogens with zero attached hydrogens (tertiary/aromatic N) is 2. The van der Waals surface area contributed by atoms with Crippen LogP contribution in [0.3, 0.4) is 0 Å². The summed E-state index contributed by atoms with van der Waals surface area (Å²) in [6.07, 6.45) is -0.508. The van der Waals surface area contributed by atoms with E-state index in [0.29, 0.717) is 6.54 Å². The number of aliphatic imine (C=N–C) groups is 1. The van der Waals surface area contributed by atoms with Crippen LogP contribution < -0.4 is 10.7 Å². The maximum Gasteiger partial charge on any atom is 0.210 e. The molecule has 7 heteroatoms. The highest BCUT2D eigenvalue weighted by Gasteiger charge is 2.11. The molecule has 64 valence electrons. The molecule has 1 aliphatic heterocycles. The highest BCUT2D eigenvalue weighted by Crippen LogP contribution is 1.88. The van der Waals surface area contributed by atoms with Crippen molar-refractivity contribution in [2.75, 3.05) is 13.1 Å². The number of aliphatic hydroxyl groups excluding tert-OH is 1. The average Bonchev–Trinajstić information content (AvgIpc) is 1.93. The normalized spacial score (nSPS) is 24.4. The standard InChI is InChI=1S/C4H10N4O3/c9-3-1-5-4(6-2-3)7-8(10)11/h3,9-11H,1-2H2,(H2,5,6,7). The zero-order valence-corrected chi connectivity index (χ0v) is 5.73. The molecular formula is C4H10N4O3. The molecule has 0 spiro atoms. The van der Waals surface area contributed by atoms with Crippen LogP contribution in [-0.4, -0.2) is 46.0 Å². The number of hydrogen-bond donors (Lipinski definition) is 5. The van der Waals surface area contributed by atoms with Gasteiger partial charge in [0.1, 0.15) is 0 Å². The topological polar surface area (TPSA) is 100 Å². The number of nitrogens with one attached hydrogen (secondary N) is 2. The first-order chi connectivity index (χ1) is 5.18. The first-order valence-electron chi connectivity index (χ1n) is 3.09. The molecule has 0 fully saturated rings. The number of guanidine groups is 1. The van der Waals surface area contributed by atoms with E-state index in [9.17, 15) is 0 Å². The summed E-state index contributed by atoms with van der Waals surface area (Å²) >= 11 is 0. The van der Waals surface area contributed by atoms with Crippen molar-refractivity contribution in [2.24, 2.45) is 4.99 Å². The smallest absolute Gasteiger partial charge is 0.210 e. The molecule has 0 aliphatic carbocycles. The Bertz CT molecular complexity index is 159. The minimum atomic E-state index is -0.508. The molecule has 11 heavy (non-hydrogen) atoms. The van der Waals surface area contributed by atoms with Gasteiger partial charge >= 0.3 is 0 Å². The Morgan fingerprint density at radius 2 is 2.36 bits per heavy atom. The lowest BCUT2D eigenvalue weighted by molar-refractivity contribution is -0.330. The molecule has 0 amide bonds. The van der Waals surface area contributed by atoms with Crippen molar-refractivity contribution in [3.05, 3.63) is 0 Å². The van der Waals surface area contributed by atoms with E-state index in [1.807, 2.05) is 0 Å². The molecule has 1 unspecified atom stereocenters. The number of hydrogen-bond acceptors (Lipinski definition) is 7. The molecule has 0 saturated carbocycles. The predicted molar refractivity (Wildman–Crippen MR) is 34.9 cm³/mol. The van der Waals surface area contributed by atoms with E-state index < -0.39 is 6.10 Å². The second-order valence-corrected chi connectivity index (χ2v) is 2.13. The summed E-state index contributed by atoms with van der Waals surface area (Å²) in [6, 6.07) is 0. The molecule has 0 saturated heterocycles. The van der Waals surface area contributed by atoms with Gasteiger partial charge in [-0.15, -0.1) is 0 Å². The van der Waals surface area contributed by atoms with Gasteiger partial charge in [0, 0.05) is 11.9 Å². The van der Waals surface area contributed by atoms with Gasteiger partial charge in [-0.05, 0) is 0 Å². The van der Waals surface area contributed by atoms with Crippen LogP contribution in [0.25, 0.3) is 0 Å². The molecule has 1 heterocycles. The van der Waals surface area contributed by atoms with Crippen molar-refractivity contribution in [3.63, 3.8) is 0 Å². The van der Waals surface area contributed by atoms with Crippen LogP contribution in [0.15, 0.2) is 4.99 Å². The van der Waals surface area contributed by atoms with Crippen molar-refractivity contribution in [1.82, 2.24) is 16.1 Å². The van der Waals surface area contributed by atoms with E-state index >= 15 is 0 Å². The van der Waals surface area contributed by atoms with E-state index in [2.05, 4.69) is 15.7 Å². The second-order valence-electron chi connectivity index (χ2n) is 2.13. The summed E-state index contributed by atoms with van der Waals surface area (Å²) < 4.78 is 0. The third-order valence-corrected chi connectivity index (χ3v) is 1.17. The summed E-state index contributed by atoms with van der Waals surface area (Å²) in [7, 11) is 0. The summed E-state index contributed by atoms with van der Waals surface area (Å²) in [6.45, 7) is 0.600. The Kier molecular flexibility index (Phi) is 2.60. The van der Waals surface area contributed by atoms with Gasteiger partial charge in [-0.2, -0.15) is 0 Å². The van der Waals surface area contributed by atoms with Gasteiger partial charge in [0.2, 0.25) is 5.96 Å². The molecule has 0 aromatic heterocycles. The maximum atomic E-state index is 8.93. The van der Waals surface area contributed by atoms with E-state index in [4.69, 9.17) is 15.5 Å². The van der Waals surface area contributed by atoms with E-state index in [-0.39, 0.29) is 17.8 Å². The second kappa shape index (κ2) is 3.49. The minimum Gasteiger partial charge on any atom is -0.389 e. The third-order valence-electron chi connectivity index (χ3n) is 1.17. The van der Waals surface area contributed by atoms with E-state index in [1.165, 1.54) is 0 Å². The fourth-order valence-electron chi connectivity index (χ4n) is 0.701. The van der Waals surface area contributed by atoms with Crippen LogP contribution in [0.2, 0.25) is 0 Å². The van der Waals surface area contributed by atoms with Crippen molar-refractivity contribution in [3.8, 4) is 0 Å². The van der Waals surface area contributed by atoms with Gasteiger partial charge in [-0.3, -0.25) is 10.4 Å². The van der Waals surface area contributed by atoms with Crippen LogP contribution in [0.4, 0.5) is 0 Å². The summed E-state index contributed by atoms with van der Waals surface area (Å²) in [5, 5.41) is 27.9. The van der Waals surface area contributed by atoms with Gasteiger partial charge < -0.3 is 10.4 Å². The molecule has 7 nitrogen and oxygen atoms in total. The first kappa shape index (κ1) is 8.21. The Balaban J connectivity index is 2.35.